The number of ether oxygens (including phenoxy) is 1. The van der Waals surface area contributed by atoms with Gasteiger partial charge in [0.25, 0.3) is 0 Å². The van der Waals surface area contributed by atoms with Gasteiger partial charge in [0.2, 0.25) is 0 Å². The normalized spacial score (nSPS) is 10.8. The maximum Gasteiger partial charge on any atom is 0.122 e. The molecule has 0 fully saturated rings. The lowest BCUT2D eigenvalue weighted by molar-refractivity contribution is 0.123. The Labute approximate surface area is 98.8 Å². The summed E-state index contributed by atoms with van der Waals surface area (Å²) in [6.07, 6.45) is 2.62. The van der Waals surface area contributed by atoms with Crippen LogP contribution in [0.15, 0.2) is 34.3 Å². The van der Waals surface area contributed by atoms with Gasteiger partial charge in [0.1, 0.15) is 5.76 Å². The molecule has 0 aliphatic heterocycles. The van der Waals surface area contributed by atoms with E-state index in [4.69, 9.17) is 14.9 Å². The van der Waals surface area contributed by atoms with Crippen LogP contribution < -0.4 is 5.73 Å². The predicted octanol–water partition coefficient (Wildman–Crippen LogP) is 2.56. The molecular formula is C12H15NO2S. The maximum atomic E-state index is 5.58. The van der Waals surface area contributed by atoms with Gasteiger partial charge in [-0.1, -0.05) is 6.07 Å². The molecule has 2 rings (SSSR count). The van der Waals surface area contributed by atoms with Gasteiger partial charge in [-0.15, -0.1) is 11.3 Å². The Morgan fingerprint density at radius 1 is 1.38 bits per heavy atom. The van der Waals surface area contributed by atoms with Gasteiger partial charge < -0.3 is 14.9 Å². The molecule has 0 bridgehead atoms. The number of nitrogens with two attached hydrogens (primary N) is 1. The number of thiophene rings is 1. The molecule has 2 heterocycles. The summed E-state index contributed by atoms with van der Waals surface area (Å²) in [5, 5.41) is 2.08. The Morgan fingerprint density at radius 3 is 3.06 bits per heavy atom. The molecule has 3 nitrogen and oxygen atoms in total. The lowest BCUT2D eigenvalue weighted by atomic mass is 10.2. The Morgan fingerprint density at radius 2 is 2.31 bits per heavy atom. The smallest absolute Gasteiger partial charge is 0.122 e. The van der Waals surface area contributed by atoms with Gasteiger partial charge in [-0.2, -0.15) is 0 Å². The topological polar surface area (TPSA) is 48.4 Å². The van der Waals surface area contributed by atoms with E-state index in [2.05, 4.69) is 17.5 Å². The first-order valence-corrected chi connectivity index (χ1v) is 6.13. The van der Waals surface area contributed by atoms with Crippen molar-refractivity contribution in [2.45, 2.75) is 19.6 Å². The van der Waals surface area contributed by atoms with Crippen LogP contribution in [0.1, 0.15) is 16.2 Å². The minimum absolute atomic E-state index is 0.427. The van der Waals surface area contributed by atoms with Crippen LogP contribution in [0.5, 0.6) is 0 Å². The molecule has 86 valence electrons. The summed E-state index contributed by atoms with van der Waals surface area (Å²) < 4.78 is 10.8. The fourth-order valence-corrected chi connectivity index (χ4v) is 2.17. The van der Waals surface area contributed by atoms with Crippen molar-refractivity contribution in [1.82, 2.24) is 0 Å². The molecule has 0 saturated heterocycles. The zero-order valence-electron chi connectivity index (χ0n) is 9.02. The van der Waals surface area contributed by atoms with Crippen LogP contribution in [0.4, 0.5) is 0 Å². The highest BCUT2D eigenvalue weighted by molar-refractivity contribution is 7.09. The number of rotatable bonds is 6. The number of furan rings is 1. The molecule has 0 aliphatic carbocycles. The summed E-state index contributed by atoms with van der Waals surface area (Å²) in [6.45, 7) is 1.74. The van der Waals surface area contributed by atoms with Crippen LogP contribution >= 0.6 is 11.3 Å². The first-order valence-electron chi connectivity index (χ1n) is 5.25. The van der Waals surface area contributed by atoms with Crippen LogP contribution in [0, 0.1) is 0 Å². The van der Waals surface area contributed by atoms with E-state index in [0.29, 0.717) is 13.2 Å². The van der Waals surface area contributed by atoms with E-state index < -0.39 is 0 Å². The largest absolute Gasteiger partial charge is 0.468 e. The third-order valence-corrected chi connectivity index (χ3v) is 3.29. The van der Waals surface area contributed by atoms with Crippen LogP contribution in [0.3, 0.4) is 0 Å². The molecule has 0 unspecified atom stereocenters. The Bertz CT molecular complexity index is 408. The lowest BCUT2D eigenvalue weighted by Gasteiger charge is -2.02. The van der Waals surface area contributed by atoms with Crippen molar-refractivity contribution in [3.8, 4) is 0 Å². The second kappa shape index (κ2) is 5.84. The molecule has 0 spiro atoms. The highest BCUT2D eigenvalue weighted by atomic mass is 32.1. The fourth-order valence-electron chi connectivity index (χ4n) is 1.48. The SMILES string of the molecule is NCc1occc1COCCc1cccs1. The summed E-state index contributed by atoms with van der Waals surface area (Å²) in [4.78, 5) is 1.35. The fraction of sp³-hybridized carbons (Fsp3) is 0.333. The van der Waals surface area contributed by atoms with Gasteiger partial charge in [0, 0.05) is 16.9 Å². The monoisotopic (exact) mass is 237 g/mol. The average Bonchev–Trinajstić information content (AvgIpc) is 2.95. The van der Waals surface area contributed by atoms with Crippen LogP contribution in [0.25, 0.3) is 0 Å². The second-order valence-corrected chi connectivity index (χ2v) is 4.49. The van der Waals surface area contributed by atoms with Gasteiger partial charge in [-0.25, -0.2) is 0 Å². The molecule has 4 heteroatoms. The Balaban J connectivity index is 1.72. The first-order chi connectivity index (χ1) is 7.90. The standard InChI is InChI=1S/C12H15NO2S/c13-8-12-10(3-6-15-12)9-14-5-4-11-2-1-7-16-11/h1-3,6-7H,4-5,8-9,13H2. The zero-order valence-corrected chi connectivity index (χ0v) is 9.83. The van der Waals surface area contributed by atoms with E-state index in [1.807, 2.05) is 6.07 Å². The van der Waals surface area contributed by atoms with E-state index in [1.165, 1.54) is 4.88 Å². The second-order valence-electron chi connectivity index (χ2n) is 3.46. The minimum Gasteiger partial charge on any atom is -0.468 e. The van der Waals surface area contributed by atoms with Crippen molar-refractivity contribution < 1.29 is 9.15 Å². The van der Waals surface area contributed by atoms with Crippen molar-refractivity contribution in [2.24, 2.45) is 5.73 Å². The third kappa shape index (κ3) is 2.95. The van der Waals surface area contributed by atoms with Gasteiger partial charge in [0.15, 0.2) is 0 Å². The van der Waals surface area contributed by atoms with Gasteiger partial charge >= 0.3 is 0 Å². The Hall–Kier alpha value is -1.10. The third-order valence-electron chi connectivity index (χ3n) is 2.35. The van der Waals surface area contributed by atoms with Gasteiger partial charge in [-0.3, -0.25) is 0 Å². The van der Waals surface area contributed by atoms with Gasteiger partial charge in [-0.05, 0) is 17.5 Å². The summed E-state index contributed by atoms with van der Waals surface area (Å²) >= 11 is 1.76. The summed E-state index contributed by atoms with van der Waals surface area (Å²) in [6, 6.07) is 6.09. The van der Waals surface area contributed by atoms with Crippen LogP contribution in [-0.4, -0.2) is 6.61 Å². The van der Waals surface area contributed by atoms with Crippen molar-refractivity contribution in [3.05, 3.63) is 46.0 Å². The average molecular weight is 237 g/mol. The van der Waals surface area contributed by atoms with Gasteiger partial charge in [0.05, 0.1) is 26.0 Å². The van der Waals surface area contributed by atoms with Crippen LogP contribution in [0.2, 0.25) is 0 Å². The lowest BCUT2D eigenvalue weighted by Crippen LogP contribution is -2.02. The molecule has 0 atom stereocenters. The van der Waals surface area contributed by atoms with E-state index in [9.17, 15) is 0 Å². The summed E-state index contributed by atoms with van der Waals surface area (Å²) in [7, 11) is 0. The van der Waals surface area contributed by atoms with E-state index in [0.717, 1.165) is 24.4 Å². The van der Waals surface area contributed by atoms with Crippen LogP contribution in [-0.2, 0) is 24.3 Å². The molecule has 0 saturated carbocycles. The molecule has 0 aliphatic rings. The summed E-state index contributed by atoms with van der Waals surface area (Å²) in [5.41, 5.74) is 6.58. The molecular weight excluding hydrogens is 222 g/mol. The zero-order chi connectivity index (χ0) is 11.2. The number of hydrogen-bond acceptors (Lipinski definition) is 4. The quantitative estimate of drug-likeness (QED) is 0.785. The molecule has 2 aromatic heterocycles. The molecule has 2 aromatic rings. The molecule has 0 radical (unpaired) electrons. The molecule has 16 heavy (non-hydrogen) atoms. The van der Waals surface area contributed by atoms with E-state index >= 15 is 0 Å². The van der Waals surface area contributed by atoms with Crippen molar-refractivity contribution in [2.75, 3.05) is 6.61 Å². The van der Waals surface area contributed by atoms with E-state index in [-0.39, 0.29) is 0 Å². The molecule has 0 amide bonds. The highest BCUT2D eigenvalue weighted by Crippen LogP contribution is 2.12. The summed E-state index contributed by atoms with van der Waals surface area (Å²) in [5.74, 6) is 0.816. The number of hydrogen-bond donors (Lipinski definition) is 1. The van der Waals surface area contributed by atoms with Crippen molar-refractivity contribution in [1.29, 1.82) is 0 Å². The maximum absolute atomic E-state index is 5.58. The van der Waals surface area contributed by atoms with E-state index in [1.54, 1.807) is 17.6 Å². The van der Waals surface area contributed by atoms with Crippen molar-refractivity contribution >= 4 is 11.3 Å². The predicted molar refractivity (Wildman–Crippen MR) is 64.3 cm³/mol. The molecule has 0 aromatic carbocycles. The minimum atomic E-state index is 0.427. The highest BCUT2D eigenvalue weighted by Gasteiger charge is 2.04. The Kier molecular flexibility index (Phi) is 4.16. The first kappa shape index (κ1) is 11.4. The van der Waals surface area contributed by atoms with Crippen molar-refractivity contribution in [3.63, 3.8) is 0 Å². The molecule has 2 N–H and O–H groups in total.